The molecule has 6 heteroatoms. The lowest BCUT2D eigenvalue weighted by atomic mass is 10.2. The maximum Gasteiger partial charge on any atom is 0.257 e. The Bertz CT molecular complexity index is 909. The molecule has 0 atom stereocenters. The minimum Gasteiger partial charge on any atom is -0.355 e. The zero-order valence-electron chi connectivity index (χ0n) is 14.2. The van der Waals surface area contributed by atoms with Crippen LogP contribution in [0, 0.1) is 0 Å². The summed E-state index contributed by atoms with van der Waals surface area (Å²) in [6.45, 7) is 1.47. The number of anilines is 4. The molecule has 26 heavy (non-hydrogen) atoms. The van der Waals surface area contributed by atoms with Crippen molar-refractivity contribution in [1.82, 2.24) is 4.98 Å². The molecule has 3 N–H and O–H groups in total. The number of carbonyl (C=O) groups is 2. The van der Waals surface area contributed by atoms with Crippen molar-refractivity contribution >= 4 is 34.6 Å². The van der Waals surface area contributed by atoms with E-state index in [-0.39, 0.29) is 11.8 Å². The van der Waals surface area contributed by atoms with Gasteiger partial charge in [0, 0.05) is 42.1 Å². The highest BCUT2D eigenvalue weighted by Gasteiger charge is 2.05. The summed E-state index contributed by atoms with van der Waals surface area (Å²) in [5, 5.41) is 8.83. The molecule has 2 amide bonds. The van der Waals surface area contributed by atoms with Gasteiger partial charge < -0.3 is 16.0 Å². The van der Waals surface area contributed by atoms with E-state index in [1.165, 1.54) is 13.1 Å². The Labute approximate surface area is 151 Å². The van der Waals surface area contributed by atoms with Crippen LogP contribution in [-0.4, -0.2) is 16.8 Å². The van der Waals surface area contributed by atoms with E-state index in [0.29, 0.717) is 11.3 Å². The van der Waals surface area contributed by atoms with Crippen molar-refractivity contribution in [3.63, 3.8) is 0 Å². The summed E-state index contributed by atoms with van der Waals surface area (Å²) in [4.78, 5) is 27.2. The van der Waals surface area contributed by atoms with Gasteiger partial charge in [0.2, 0.25) is 5.91 Å². The molecular weight excluding hydrogens is 328 g/mol. The number of benzene rings is 2. The maximum atomic E-state index is 12.1. The van der Waals surface area contributed by atoms with E-state index in [4.69, 9.17) is 0 Å². The van der Waals surface area contributed by atoms with Crippen molar-refractivity contribution in [3.8, 4) is 0 Å². The minimum absolute atomic E-state index is 0.115. The highest BCUT2D eigenvalue weighted by molar-refractivity contribution is 6.04. The molecule has 130 valence electrons. The highest BCUT2D eigenvalue weighted by Crippen LogP contribution is 2.22. The third kappa shape index (κ3) is 4.67. The second-order valence-corrected chi connectivity index (χ2v) is 5.66. The van der Waals surface area contributed by atoms with Gasteiger partial charge in [0.25, 0.3) is 5.91 Å². The molecule has 0 spiro atoms. The summed E-state index contributed by atoms with van der Waals surface area (Å²) in [7, 11) is 0. The fourth-order valence-corrected chi connectivity index (χ4v) is 2.38. The van der Waals surface area contributed by atoms with Crippen molar-refractivity contribution in [3.05, 3.63) is 78.6 Å². The number of amides is 2. The molecule has 0 saturated carbocycles. The maximum absolute atomic E-state index is 12.1. The summed E-state index contributed by atoms with van der Waals surface area (Å²) < 4.78 is 0. The lowest BCUT2D eigenvalue weighted by Gasteiger charge is -2.10. The summed E-state index contributed by atoms with van der Waals surface area (Å²) in [5.41, 5.74) is 3.64. The number of hydrogen-bond acceptors (Lipinski definition) is 4. The van der Waals surface area contributed by atoms with Crippen LogP contribution in [0.25, 0.3) is 0 Å². The Kier molecular flexibility index (Phi) is 5.24. The minimum atomic E-state index is -0.207. The van der Waals surface area contributed by atoms with Gasteiger partial charge in [0.05, 0.1) is 5.56 Å². The van der Waals surface area contributed by atoms with E-state index < -0.39 is 0 Å². The zero-order valence-corrected chi connectivity index (χ0v) is 14.2. The first kappa shape index (κ1) is 17.2. The number of nitrogens with one attached hydrogen (secondary N) is 3. The van der Waals surface area contributed by atoms with Crippen molar-refractivity contribution in [1.29, 1.82) is 0 Å². The quantitative estimate of drug-likeness (QED) is 0.651. The Balaban J connectivity index is 1.64. The van der Waals surface area contributed by atoms with Crippen LogP contribution in [-0.2, 0) is 4.79 Å². The lowest BCUT2D eigenvalue weighted by Crippen LogP contribution is -2.11. The third-order valence-corrected chi connectivity index (χ3v) is 3.54. The molecule has 0 fully saturated rings. The van der Waals surface area contributed by atoms with Crippen molar-refractivity contribution in [2.24, 2.45) is 0 Å². The predicted molar refractivity (Wildman–Crippen MR) is 103 cm³/mol. The number of hydrogen-bond donors (Lipinski definition) is 3. The Morgan fingerprint density at radius 3 is 2.23 bits per heavy atom. The van der Waals surface area contributed by atoms with Gasteiger partial charge in [0.1, 0.15) is 0 Å². The van der Waals surface area contributed by atoms with Crippen LogP contribution in [0.1, 0.15) is 17.3 Å². The molecule has 3 aromatic rings. The van der Waals surface area contributed by atoms with Crippen LogP contribution in [0.2, 0.25) is 0 Å². The number of nitrogens with zero attached hydrogens (tertiary/aromatic N) is 1. The van der Waals surface area contributed by atoms with E-state index >= 15 is 0 Å². The third-order valence-electron chi connectivity index (χ3n) is 3.54. The largest absolute Gasteiger partial charge is 0.355 e. The van der Waals surface area contributed by atoms with Gasteiger partial charge in [-0.1, -0.05) is 6.07 Å². The van der Waals surface area contributed by atoms with Crippen molar-refractivity contribution in [2.45, 2.75) is 6.92 Å². The second kappa shape index (κ2) is 7.94. The molecule has 2 aromatic carbocycles. The fourth-order valence-electron chi connectivity index (χ4n) is 2.38. The van der Waals surface area contributed by atoms with Crippen LogP contribution < -0.4 is 16.0 Å². The van der Waals surface area contributed by atoms with E-state index in [0.717, 1.165) is 17.1 Å². The van der Waals surface area contributed by atoms with Crippen LogP contribution in [0.15, 0.2) is 73.1 Å². The predicted octanol–water partition coefficient (Wildman–Crippen LogP) is 4.04. The van der Waals surface area contributed by atoms with Crippen LogP contribution in [0.4, 0.5) is 22.7 Å². The summed E-state index contributed by atoms with van der Waals surface area (Å²) in [6, 6.07) is 18.2. The Morgan fingerprint density at radius 1 is 0.808 bits per heavy atom. The Morgan fingerprint density at radius 2 is 1.54 bits per heavy atom. The van der Waals surface area contributed by atoms with Crippen LogP contribution in [0.3, 0.4) is 0 Å². The first-order valence-electron chi connectivity index (χ1n) is 8.06. The van der Waals surface area contributed by atoms with Crippen molar-refractivity contribution < 1.29 is 9.59 Å². The molecule has 0 bridgehead atoms. The molecule has 0 saturated heterocycles. The smallest absolute Gasteiger partial charge is 0.257 e. The van der Waals surface area contributed by atoms with Gasteiger partial charge in [-0.15, -0.1) is 0 Å². The lowest BCUT2D eigenvalue weighted by molar-refractivity contribution is -0.114. The average molecular weight is 346 g/mol. The molecule has 6 nitrogen and oxygen atoms in total. The standard InChI is InChI=1S/C20H18N4O2/c1-14(25)22-18-5-2-6-19(12-18)23-16-7-9-17(10-8-16)24-20(26)15-4-3-11-21-13-15/h2-13,23H,1H3,(H,22,25)(H,24,26). The second-order valence-electron chi connectivity index (χ2n) is 5.66. The molecular formula is C20H18N4O2. The fraction of sp³-hybridized carbons (Fsp3) is 0.0500. The molecule has 3 rings (SSSR count). The first-order valence-corrected chi connectivity index (χ1v) is 8.06. The molecule has 0 unspecified atom stereocenters. The molecule has 1 aromatic heterocycles. The van der Waals surface area contributed by atoms with E-state index in [2.05, 4.69) is 20.9 Å². The van der Waals surface area contributed by atoms with Gasteiger partial charge in [-0.2, -0.15) is 0 Å². The zero-order chi connectivity index (χ0) is 18.4. The van der Waals surface area contributed by atoms with Crippen LogP contribution in [0.5, 0.6) is 0 Å². The van der Waals surface area contributed by atoms with Gasteiger partial charge in [0.15, 0.2) is 0 Å². The summed E-state index contributed by atoms with van der Waals surface area (Å²) in [5.74, 6) is -0.322. The molecule has 0 aliphatic heterocycles. The van der Waals surface area contributed by atoms with Gasteiger partial charge in [-0.25, -0.2) is 0 Å². The molecule has 0 aliphatic rings. The average Bonchev–Trinajstić information content (AvgIpc) is 2.64. The number of carbonyl (C=O) groups excluding carboxylic acids is 2. The molecule has 0 aliphatic carbocycles. The number of rotatable bonds is 5. The van der Waals surface area contributed by atoms with Crippen LogP contribution >= 0.6 is 0 Å². The highest BCUT2D eigenvalue weighted by atomic mass is 16.2. The first-order chi connectivity index (χ1) is 12.6. The summed E-state index contributed by atoms with van der Waals surface area (Å²) >= 11 is 0. The van der Waals surface area contributed by atoms with E-state index in [1.54, 1.807) is 18.3 Å². The topological polar surface area (TPSA) is 83.1 Å². The van der Waals surface area contributed by atoms with Crippen molar-refractivity contribution in [2.75, 3.05) is 16.0 Å². The SMILES string of the molecule is CC(=O)Nc1cccc(Nc2ccc(NC(=O)c3cccnc3)cc2)c1. The van der Waals surface area contributed by atoms with Gasteiger partial charge >= 0.3 is 0 Å². The monoisotopic (exact) mass is 346 g/mol. The number of pyridine rings is 1. The molecule has 0 radical (unpaired) electrons. The number of aromatic nitrogens is 1. The Hall–Kier alpha value is -3.67. The summed E-state index contributed by atoms with van der Waals surface area (Å²) in [6.07, 6.45) is 3.14. The van der Waals surface area contributed by atoms with E-state index in [1.807, 2.05) is 48.5 Å². The van der Waals surface area contributed by atoms with Gasteiger partial charge in [-0.05, 0) is 54.6 Å². The van der Waals surface area contributed by atoms with Gasteiger partial charge in [-0.3, -0.25) is 14.6 Å². The van der Waals surface area contributed by atoms with E-state index in [9.17, 15) is 9.59 Å². The molecule has 1 heterocycles. The normalized spacial score (nSPS) is 10.0.